The molecule has 3 N–H and O–H groups in total. The highest BCUT2D eigenvalue weighted by molar-refractivity contribution is 9.10. The van der Waals surface area contributed by atoms with E-state index >= 15 is 0 Å². The number of carbonyl (C=O) groups is 2. The molecule has 0 spiro atoms. The number of hydrogen-bond acceptors (Lipinski definition) is 4. The number of rotatable bonds is 4. The number of carboxylic acid groups (broad SMARTS) is 1. The third kappa shape index (κ3) is 6.03. The molecule has 0 bridgehead atoms. The van der Waals surface area contributed by atoms with E-state index in [4.69, 9.17) is 4.74 Å². The van der Waals surface area contributed by atoms with Crippen LogP contribution in [0.15, 0.2) is 22.7 Å². The number of alkyl carbamates (subject to hydrolysis) is 1. The van der Waals surface area contributed by atoms with Crippen LogP contribution < -0.4 is 5.32 Å². The molecule has 1 aromatic carbocycles. The van der Waals surface area contributed by atoms with E-state index < -0.39 is 23.7 Å². The van der Waals surface area contributed by atoms with Crippen molar-refractivity contribution in [2.75, 3.05) is 0 Å². The molecule has 0 aliphatic carbocycles. The number of phenols is 1. The predicted molar refractivity (Wildman–Crippen MR) is 80.3 cm³/mol. The zero-order valence-corrected chi connectivity index (χ0v) is 13.6. The van der Waals surface area contributed by atoms with Crippen molar-refractivity contribution in [2.45, 2.75) is 38.8 Å². The summed E-state index contributed by atoms with van der Waals surface area (Å²) in [7, 11) is 0. The fourth-order valence-electron chi connectivity index (χ4n) is 1.56. The Hall–Kier alpha value is -1.76. The summed E-state index contributed by atoms with van der Waals surface area (Å²) in [4.78, 5) is 22.9. The topological polar surface area (TPSA) is 95.9 Å². The summed E-state index contributed by atoms with van der Waals surface area (Å²) in [5.74, 6) is -1.10. The highest BCUT2D eigenvalue weighted by Gasteiger charge is 2.24. The van der Waals surface area contributed by atoms with Gasteiger partial charge < -0.3 is 20.3 Å². The van der Waals surface area contributed by atoms with Crippen molar-refractivity contribution < 1.29 is 24.5 Å². The lowest BCUT2D eigenvalue weighted by Gasteiger charge is -2.22. The number of carbonyl (C=O) groups excluding carboxylic acids is 1. The van der Waals surface area contributed by atoms with Gasteiger partial charge in [-0.2, -0.15) is 0 Å². The Morgan fingerprint density at radius 3 is 2.48 bits per heavy atom. The molecule has 0 saturated carbocycles. The van der Waals surface area contributed by atoms with Crippen LogP contribution >= 0.6 is 15.9 Å². The molecular formula is C14H18BrNO5. The Bertz CT molecular complexity index is 539. The second kappa shape index (κ2) is 6.80. The number of aliphatic carboxylic acids is 1. The van der Waals surface area contributed by atoms with Crippen LogP contribution in [0.4, 0.5) is 4.79 Å². The summed E-state index contributed by atoms with van der Waals surface area (Å²) in [6.45, 7) is 5.08. The van der Waals surface area contributed by atoms with E-state index in [0.29, 0.717) is 10.0 Å². The molecule has 0 heterocycles. The maximum Gasteiger partial charge on any atom is 0.408 e. The first-order chi connectivity index (χ1) is 9.58. The summed E-state index contributed by atoms with van der Waals surface area (Å²) < 4.78 is 5.50. The van der Waals surface area contributed by atoms with Gasteiger partial charge in [-0.15, -0.1) is 0 Å². The zero-order valence-electron chi connectivity index (χ0n) is 12.0. The normalized spacial score (nSPS) is 12.6. The zero-order chi connectivity index (χ0) is 16.2. The van der Waals surface area contributed by atoms with E-state index in [1.165, 1.54) is 6.07 Å². The van der Waals surface area contributed by atoms with Crippen LogP contribution in [0.1, 0.15) is 26.3 Å². The lowest BCUT2D eigenvalue weighted by Crippen LogP contribution is -2.44. The third-order valence-corrected chi connectivity index (χ3v) is 3.08. The first kappa shape index (κ1) is 17.3. The molecule has 0 radical (unpaired) electrons. The Kier molecular flexibility index (Phi) is 5.60. The molecule has 0 fully saturated rings. The van der Waals surface area contributed by atoms with Crippen LogP contribution in [0.5, 0.6) is 5.75 Å². The Morgan fingerprint density at radius 2 is 2.00 bits per heavy atom. The lowest BCUT2D eigenvalue weighted by molar-refractivity contribution is -0.139. The molecule has 7 heteroatoms. The van der Waals surface area contributed by atoms with E-state index in [-0.39, 0.29) is 12.2 Å². The maximum absolute atomic E-state index is 11.6. The van der Waals surface area contributed by atoms with Crippen molar-refractivity contribution in [3.63, 3.8) is 0 Å². The molecule has 0 unspecified atom stereocenters. The largest absolute Gasteiger partial charge is 0.507 e. The summed E-state index contributed by atoms with van der Waals surface area (Å²) in [6, 6.07) is 3.52. The van der Waals surface area contributed by atoms with Crippen molar-refractivity contribution in [1.29, 1.82) is 0 Å². The molecule has 6 nitrogen and oxygen atoms in total. The SMILES string of the molecule is CC(C)(C)OC(=O)N[C@@H](Cc1ccc(O)c(Br)c1)C(=O)O. The first-order valence-corrected chi connectivity index (χ1v) is 7.07. The van der Waals surface area contributed by atoms with Gasteiger partial charge in [-0.05, 0) is 54.4 Å². The van der Waals surface area contributed by atoms with E-state index in [1.54, 1.807) is 32.9 Å². The number of carboxylic acids is 1. The minimum Gasteiger partial charge on any atom is -0.507 e. The average molecular weight is 360 g/mol. The first-order valence-electron chi connectivity index (χ1n) is 6.28. The second-order valence-electron chi connectivity index (χ2n) is 5.53. The van der Waals surface area contributed by atoms with E-state index in [2.05, 4.69) is 21.2 Å². The van der Waals surface area contributed by atoms with E-state index in [9.17, 15) is 19.8 Å². The molecule has 0 aliphatic heterocycles. The number of nitrogens with one attached hydrogen (secondary N) is 1. The van der Waals surface area contributed by atoms with Crippen LogP contribution in [0, 0.1) is 0 Å². The summed E-state index contributed by atoms with van der Waals surface area (Å²) >= 11 is 3.15. The quantitative estimate of drug-likeness (QED) is 0.767. The molecule has 0 saturated heterocycles. The summed E-state index contributed by atoms with van der Waals surface area (Å²) in [5, 5.41) is 20.9. The van der Waals surface area contributed by atoms with Crippen LogP contribution in [-0.2, 0) is 16.0 Å². The fraction of sp³-hybridized carbons (Fsp3) is 0.429. The van der Waals surface area contributed by atoms with E-state index in [0.717, 1.165) is 0 Å². The Balaban J connectivity index is 2.76. The van der Waals surface area contributed by atoms with Gasteiger partial charge in [0.25, 0.3) is 0 Å². The standard InChI is InChI=1S/C14H18BrNO5/c1-14(2,3)21-13(20)16-10(12(18)19)7-8-4-5-11(17)9(15)6-8/h4-6,10,17H,7H2,1-3H3,(H,16,20)(H,18,19)/t10-/m0/s1. The third-order valence-electron chi connectivity index (χ3n) is 2.44. The van der Waals surface area contributed by atoms with E-state index in [1.807, 2.05) is 0 Å². The minimum atomic E-state index is -1.16. The predicted octanol–water partition coefficient (Wildman–Crippen LogP) is 2.68. The highest BCUT2D eigenvalue weighted by Crippen LogP contribution is 2.24. The molecule has 1 atom stereocenters. The number of phenolic OH excluding ortho intramolecular Hbond substituents is 1. The van der Waals surface area contributed by atoms with Crippen molar-refractivity contribution in [1.82, 2.24) is 5.32 Å². The smallest absolute Gasteiger partial charge is 0.408 e. The number of benzene rings is 1. The molecule has 0 aliphatic rings. The average Bonchev–Trinajstić information content (AvgIpc) is 2.30. The number of hydrogen-bond donors (Lipinski definition) is 3. The summed E-state index contributed by atoms with van der Waals surface area (Å²) in [5.41, 5.74) is -0.0440. The van der Waals surface area contributed by atoms with Gasteiger partial charge in [0.1, 0.15) is 17.4 Å². The molecule has 1 aromatic rings. The number of ether oxygens (including phenoxy) is 1. The van der Waals surface area contributed by atoms with Gasteiger partial charge in [0.2, 0.25) is 0 Å². The molecule has 1 rings (SSSR count). The van der Waals surface area contributed by atoms with Gasteiger partial charge >= 0.3 is 12.1 Å². The number of amides is 1. The monoisotopic (exact) mass is 359 g/mol. The molecular weight excluding hydrogens is 342 g/mol. The van der Waals surface area contributed by atoms with Gasteiger partial charge in [-0.3, -0.25) is 0 Å². The van der Waals surface area contributed by atoms with Crippen molar-refractivity contribution in [2.24, 2.45) is 0 Å². The van der Waals surface area contributed by atoms with Crippen LogP contribution in [0.2, 0.25) is 0 Å². The van der Waals surface area contributed by atoms with Gasteiger partial charge in [0.05, 0.1) is 4.47 Å². The molecule has 116 valence electrons. The van der Waals surface area contributed by atoms with Gasteiger partial charge in [0.15, 0.2) is 0 Å². The Labute approximate surface area is 131 Å². The molecule has 21 heavy (non-hydrogen) atoms. The van der Waals surface area contributed by atoms with Crippen LogP contribution in [0.25, 0.3) is 0 Å². The second-order valence-corrected chi connectivity index (χ2v) is 6.38. The highest BCUT2D eigenvalue weighted by atomic mass is 79.9. The minimum absolute atomic E-state index is 0.0609. The van der Waals surface area contributed by atoms with Crippen molar-refractivity contribution in [3.05, 3.63) is 28.2 Å². The van der Waals surface area contributed by atoms with Crippen molar-refractivity contribution in [3.8, 4) is 5.75 Å². The Morgan fingerprint density at radius 1 is 1.38 bits per heavy atom. The lowest BCUT2D eigenvalue weighted by atomic mass is 10.1. The van der Waals surface area contributed by atoms with Crippen molar-refractivity contribution >= 4 is 28.0 Å². The van der Waals surface area contributed by atoms with Gasteiger partial charge in [0, 0.05) is 6.42 Å². The number of halogens is 1. The van der Waals surface area contributed by atoms with Crippen LogP contribution in [0.3, 0.4) is 0 Å². The molecule has 1 amide bonds. The maximum atomic E-state index is 11.6. The fourth-order valence-corrected chi connectivity index (χ4v) is 1.99. The summed E-state index contributed by atoms with van der Waals surface area (Å²) in [6.07, 6.45) is -0.708. The molecule has 0 aromatic heterocycles. The van der Waals surface area contributed by atoms with Gasteiger partial charge in [-0.25, -0.2) is 9.59 Å². The van der Waals surface area contributed by atoms with Gasteiger partial charge in [-0.1, -0.05) is 6.07 Å². The van der Waals surface area contributed by atoms with Crippen LogP contribution in [-0.4, -0.2) is 33.9 Å². The number of aromatic hydroxyl groups is 1.